The number of rotatable bonds is 6. The van der Waals surface area contributed by atoms with Crippen LogP contribution in [0.1, 0.15) is 31.9 Å². The molecule has 0 aliphatic rings. The summed E-state index contributed by atoms with van der Waals surface area (Å²) in [6.45, 7) is 7.11. The Morgan fingerprint density at radius 1 is 1.50 bits per heavy atom. The third kappa shape index (κ3) is 2.59. The summed E-state index contributed by atoms with van der Waals surface area (Å²) in [5.41, 5.74) is 6.97. The highest BCUT2D eigenvalue weighted by Gasteiger charge is 2.17. The zero-order chi connectivity index (χ0) is 10.4. The molecule has 1 aromatic heterocycles. The summed E-state index contributed by atoms with van der Waals surface area (Å²) in [4.78, 5) is 2.38. The molecule has 0 aliphatic heterocycles. The van der Waals surface area contributed by atoms with Gasteiger partial charge >= 0.3 is 0 Å². The summed E-state index contributed by atoms with van der Waals surface area (Å²) in [5.74, 6) is 0. The second kappa shape index (κ2) is 5.83. The largest absolute Gasteiger partial charge is 0.472 e. The van der Waals surface area contributed by atoms with E-state index in [1.807, 2.05) is 6.07 Å². The van der Waals surface area contributed by atoms with E-state index in [9.17, 15) is 0 Å². The molecule has 3 heteroatoms. The molecule has 1 aromatic rings. The number of furan rings is 1. The van der Waals surface area contributed by atoms with Gasteiger partial charge in [-0.25, -0.2) is 0 Å². The third-order valence-electron chi connectivity index (χ3n) is 2.51. The quantitative estimate of drug-likeness (QED) is 0.756. The zero-order valence-electron chi connectivity index (χ0n) is 9.07. The first-order valence-corrected chi connectivity index (χ1v) is 5.29. The van der Waals surface area contributed by atoms with Gasteiger partial charge in [0, 0.05) is 12.1 Å². The predicted octanol–water partition coefficient (Wildman–Crippen LogP) is 2.01. The van der Waals surface area contributed by atoms with Gasteiger partial charge in [0.15, 0.2) is 0 Å². The number of hydrogen-bond acceptors (Lipinski definition) is 3. The van der Waals surface area contributed by atoms with Gasteiger partial charge in [-0.05, 0) is 25.6 Å². The maximum atomic E-state index is 5.79. The van der Waals surface area contributed by atoms with E-state index in [1.165, 1.54) is 5.56 Å². The summed E-state index contributed by atoms with van der Waals surface area (Å²) < 4.78 is 5.09. The lowest BCUT2D eigenvalue weighted by Gasteiger charge is -2.28. The van der Waals surface area contributed by atoms with Crippen LogP contribution in [0, 0.1) is 0 Å². The van der Waals surface area contributed by atoms with E-state index in [2.05, 4.69) is 18.7 Å². The van der Waals surface area contributed by atoms with Crippen LogP contribution in [0.4, 0.5) is 0 Å². The number of likely N-dealkylation sites (N-methyl/N-ethyl adjacent to an activating group) is 1. The standard InChI is InChI=1S/C11H20N2O/c1-3-6-13(4-2)11(8-12)10-5-7-14-9-10/h5,7,9,11H,3-4,6,8,12H2,1-2H3. The Morgan fingerprint density at radius 3 is 2.71 bits per heavy atom. The van der Waals surface area contributed by atoms with Crippen LogP contribution >= 0.6 is 0 Å². The summed E-state index contributed by atoms with van der Waals surface area (Å²) in [6, 6.07) is 2.30. The molecule has 0 bridgehead atoms. The van der Waals surface area contributed by atoms with E-state index in [0.29, 0.717) is 12.6 Å². The van der Waals surface area contributed by atoms with Gasteiger partial charge in [-0.2, -0.15) is 0 Å². The minimum Gasteiger partial charge on any atom is -0.472 e. The molecule has 3 nitrogen and oxygen atoms in total. The Hall–Kier alpha value is -0.800. The van der Waals surface area contributed by atoms with Crippen molar-refractivity contribution in [3.05, 3.63) is 24.2 Å². The maximum Gasteiger partial charge on any atom is 0.0950 e. The Balaban J connectivity index is 2.68. The Labute approximate surface area is 85.9 Å². The van der Waals surface area contributed by atoms with Crippen molar-refractivity contribution in [2.24, 2.45) is 5.73 Å². The Bertz CT molecular complexity index is 233. The van der Waals surface area contributed by atoms with Gasteiger partial charge in [0.1, 0.15) is 0 Å². The fraction of sp³-hybridized carbons (Fsp3) is 0.636. The Kier molecular flexibility index (Phi) is 4.70. The van der Waals surface area contributed by atoms with Gasteiger partial charge in [0.25, 0.3) is 0 Å². The molecule has 0 aromatic carbocycles. The molecule has 0 radical (unpaired) electrons. The lowest BCUT2D eigenvalue weighted by molar-refractivity contribution is 0.212. The van der Waals surface area contributed by atoms with Crippen molar-refractivity contribution < 1.29 is 4.42 Å². The van der Waals surface area contributed by atoms with Crippen LogP contribution < -0.4 is 5.73 Å². The van der Waals surface area contributed by atoms with E-state index in [0.717, 1.165) is 19.5 Å². The molecule has 0 saturated heterocycles. The summed E-state index contributed by atoms with van der Waals surface area (Å²) in [7, 11) is 0. The molecule has 1 unspecified atom stereocenters. The van der Waals surface area contributed by atoms with Crippen molar-refractivity contribution in [1.29, 1.82) is 0 Å². The van der Waals surface area contributed by atoms with Crippen LogP contribution in [0.25, 0.3) is 0 Å². The minimum absolute atomic E-state index is 0.304. The lowest BCUT2D eigenvalue weighted by atomic mass is 10.1. The van der Waals surface area contributed by atoms with Crippen molar-refractivity contribution in [2.45, 2.75) is 26.3 Å². The summed E-state index contributed by atoms with van der Waals surface area (Å²) in [5, 5.41) is 0. The first-order valence-electron chi connectivity index (χ1n) is 5.29. The number of nitrogens with zero attached hydrogens (tertiary/aromatic N) is 1. The van der Waals surface area contributed by atoms with Gasteiger partial charge in [0.2, 0.25) is 0 Å². The monoisotopic (exact) mass is 196 g/mol. The maximum absolute atomic E-state index is 5.79. The van der Waals surface area contributed by atoms with E-state index >= 15 is 0 Å². The van der Waals surface area contributed by atoms with Crippen LogP contribution in [0.5, 0.6) is 0 Å². The molecule has 0 aliphatic carbocycles. The van der Waals surface area contributed by atoms with E-state index in [1.54, 1.807) is 12.5 Å². The number of nitrogens with two attached hydrogens (primary N) is 1. The molecule has 0 saturated carbocycles. The van der Waals surface area contributed by atoms with Crippen LogP contribution in [0.3, 0.4) is 0 Å². The van der Waals surface area contributed by atoms with Crippen molar-refractivity contribution in [3.63, 3.8) is 0 Å². The fourth-order valence-electron chi connectivity index (χ4n) is 1.78. The van der Waals surface area contributed by atoms with Crippen molar-refractivity contribution in [1.82, 2.24) is 4.90 Å². The molecule has 1 atom stereocenters. The molecular weight excluding hydrogens is 176 g/mol. The lowest BCUT2D eigenvalue weighted by Crippen LogP contribution is -2.34. The van der Waals surface area contributed by atoms with Gasteiger partial charge in [-0.3, -0.25) is 4.90 Å². The first kappa shape index (κ1) is 11.3. The molecular formula is C11H20N2O. The highest BCUT2D eigenvalue weighted by molar-refractivity contribution is 5.12. The Morgan fingerprint density at radius 2 is 2.29 bits per heavy atom. The molecule has 1 heterocycles. The fourth-order valence-corrected chi connectivity index (χ4v) is 1.78. The predicted molar refractivity (Wildman–Crippen MR) is 58.0 cm³/mol. The van der Waals surface area contributed by atoms with E-state index < -0.39 is 0 Å². The third-order valence-corrected chi connectivity index (χ3v) is 2.51. The highest BCUT2D eigenvalue weighted by atomic mass is 16.3. The highest BCUT2D eigenvalue weighted by Crippen LogP contribution is 2.19. The number of hydrogen-bond donors (Lipinski definition) is 1. The molecule has 0 spiro atoms. The molecule has 2 N–H and O–H groups in total. The molecule has 14 heavy (non-hydrogen) atoms. The SMILES string of the molecule is CCCN(CC)C(CN)c1ccoc1. The van der Waals surface area contributed by atoms with Crippen molar-refractivity contribution >= 4 is 0 Å². The smallest absolute Gasteiger partial charge is 0.0950 e. The van der Waals surface area contributed by atoms with Gasteiger partial charge in [-0.15, -0.1) is 0 Å². The topological polar surface area (TPSA) is 42.4 Å². The van der Waals surface area contributed by atoms with Crippen LogP contribution in [-0.2, 0) is 0 Å². The van der Waals surface area contributed by atoms with E-state index in [-0.39, 0.29) is 0 Å². The van der Waals surface area contributed by atoms with Crippen molar-refractivity contribution in [2.75, 3.05) is 19.6 Å². The van der Waals surface area contributed by atoms with E-state index in [4.69, 9.17) is 10.2 Å². The normalized spacial score (nSPS) is 13.4. The second-order valence-electron chi connectivity index (χ2n) is 3.44. The van der Waals surface area contributed by atoms with Gasteiger partial charge in [-0.1, -0.05) is 13.8 Å². The van der Waals surface area contributed by atoms with Crippen LogP contribution in [0.2, 0.25) is 0 Å². The molecule has 1 rings (SSSR count). The van der Waals surface area contributed by atoms with Crippen LogP contribution in [-0.4, -0.2) is 24.5 Å². The molecule has 0 fully saturated rings. The van der Waals surface area contributed by atoms with Crippen LogP contribution in [0.15, 0.2) is 23.0 Å². The first-order chi connectivity index (χ1) is 6.83. The molecule has 80 valence electrons. The minimum atomic E-state index is 0.304. The summed E-state index contributed by atoms with van der Waals surface area (Å²) in [6.07, 6.45) is 4.65. The summed E-state index contributed by atoms with van der Waals surface area (Å²) >= 11 is 0. The van der Waals surface area contributed by atoms with Crippen molar-refractivity contribution in [3.8, 4) is 0 Å². The average molecular weight is 196 g/mol. The second-order valence-corrected chi connectivity index (χ2v) is 3.44. The molecule has 0 amide bonds. The average Bonchev–Trinajstić information content (AvgIpc) is 2.71. The zero-order valence-corrected chi connectivity index (χ0v) is 9.07. The van der Waals surface area contributed by atoms with Gasteiger partial charge < -0.3 is 10.2 Å². The van der Waals surface area contributed by atoms with Gasteiger partial charge in [0.05, 0.1) is 18.6 Å².